The molecular weight excluding hydrogens is 402 g/mol. The molecule has 1 aliphatic rings. The molecule has 0 saturated heterocycles. The number of hydrogen-bond donors (Lipinski definition) is 0. The number of benzene rings is 1. The highest BCUT2D eigenvalue weighted by Crippen LogP contribution is 2.31. The number of aryl methyl sites for hydroxylation is 2. The van der Waals surface area contributed by atoms with Crippen molar-refractivity contribution in [3.63, 3.8) is 0 Å². The third-order valence-electron chi connectivity index (χ3n) is 5.31. The van der Waals surface area contributed by atoms with Gasteiger partial charge in [0.05, 0.1) is 40.8 Å². The van der Waals surface area contributed by atoms with Crippen molar-refractivity contribution in [2.45, 2.75) is 40.0 Å². The maximum absolute atomic E-state index is 13.3. The Morgan fingerprint density at radius 3 is 2.73 bits per heavy atom. The van der Waals surface area contributed by atoms with Crippen LogP contribution in [0.15, 0.2) is 24.3 Å². The molecule has 0 aliphatic carbocycles. The van der Waals surface area contributed by atoms with Crippen molar-refractivity contribution in [2.24, 2.45) is 0 Å². The van der Waals surface area contributed by atoms with Crippen LogP contribution in [0.3, 0.4) is 0 Å². The molecule has 0 fully saturated rings. The number of carbonyl (C=O) groups excluding carboxylic acids is 1. The van der Waals surface area contributed by atoms with E-state index in [1.807, 2.05) is 59.1 Å². The van der Waals surface area contributed by atoms with Gasteiger partial charge in [-0.3, -0.25) is 4.79 Å². The number of carbonyl (C=O) groups is 1. The van der Waals surface area contributed by atoms with Crippen molar-refractivity contribution in [3.8, 4) is 5.75 Å². The molecular formula is C22H26ClN5O2. The molecule has 0 saturated carbocycles. The van der Waals surface area contributed by atoms with Gasteiger partial charge in [0.1, 0.15) is 11.9 Å². The Labute approximate surface area is 181 Å². The number of ether oxygens (including phenoxy) is 1. The number of fused-ring (bicyclic) bond motifs is 3. The van der Waals surface area contributed by atoms with Crippen LogP contribution in [-0.4, -0.2) is 57.0 Å². The summed E-state index contributed by atoms with van der Waals surface area (Å²) < 4.78 is 7.85. The summed E-state index contributed by atoms with van der Waals surface area (Å²) in [6.07, 6.45) is -0.0335. The van der Waals surface area contributed by atoms with Crippen molar-refractivity contribution in [2.75, 3.05) is 20.6 Å². The standard InChI is InChI=1S/C22H26ClN5O2/c1-13(10-26(4)5)30-19-9-7-6-8-16(19)22(29)27-11-17-18(12-27)25-28-15(3)20(23)14(2)24-21(17)28/h6-9,13H,10-12H2,1-5H3. The van der Waals surface area contributed by atoms with Crippen molar-refractivity contribution < 1.29 is 9.53 Å². The van der Waals surface area contributed by atoms with E-state index in [-0.39, 0.29) is 12.0 Å². The molecule has 0 radical (unpaired) electrons. The van der Waals surface area contributed by atoms with E-state index in [2.05, 4.69) is 15.0 Å². The van der Waals surface area contributed by atoms with Crippen molar-refractivity contribution in [3.05, 3.63) is 57.5 Å². The molecule has 1 aliphatic heterocycles. The molecule has 7 nitrogen and oxygen atoms in total. The third kappa shape index (κ3) is 3.63. The van der Waals surface area contributed by atoms with Gasteiger partial charge in [0, 0.05) is 12.1 Å². The zero-order valence-corrected chi connectivity index (χ0v) is 18.7. The van der Waals surface area contributed by atoms with E-state index in [4.69, 9.17) is 16.3 Å². The first-order valence-electron chi connectivity index (χ1n) is 9.99. The van der Waals surface area contributed by atoms with E-state index >= 15 is 0 Å². The number of para-hydroxylation sites is 1. The lowest BCUT2D eigenvalue weighted by Gasteiger charge is -2.22. The summed E-state index contributed by atoms with van der Waals surface area (Å²) in [5.74, 6) is 0.536. The minimum Gasteiger partial charge on any atom is -0.489 e. The summed E-state index contributed by atoms with van der Waals surface area (Å²) in [5.41, 5.74) is 4.80. The summed E-state index contributed by atoms with van der Waals surface area (Å²) in [7, 11) is 4.00. The van der Waals surface area contributed by atoms with Crippen LogP contribution in [0.5, 0.6) is 5.75 Å². The molecule has 1 aromatic carbocycles. The minimum atomic E-state index is -0.0683. The lowest BCUT2D eigenvalue weighted by Crippen LogP contribution is -2.30. The van der Waals surface area contributed by atoms with Gasteiger partial charge in [-0.15, -0.1) is 0 Å². The van der Waals surface area contributed by atoms with Crippen LogP contribution >= 0.6 is 11.6 Å². The number of halogens is 1. The van der Waals surface area contributed by atoms with Gasteiger partial charge < -0.3 is 14.5 Å². The molecule has 158 valence electrons. The third-order valence-corrected chi connectivity index (χ3v) is 5.86. The average Bonchev–Trinajstić information content (AvgIpc) is 3.24. The second-order valence-corrected chi connectivity index (χ2v) is 8.48. The summed E-state index contributed by atoms with van der Waals surface area (Å²) in [6.45, 7) is 7.48. The molecule has 0 spiro atoms. The lowest BCUT2D eigenvalue weighted by molar-refractivity contribution is 0.0741. The van der Waals surface area contributed by atoms with Crippen molar-refractivity contribution in [1.82, 2.24) is 24.4 Å². The van der Waals surface area contributed by atoms with E-state index in [1.165, 1.54) is 0 Å². The molecule has 3 heterocycles. The summed E-state index contributed by atoms with van der Waals surface area (Å²) in [5, 5.41) is 5.28. The minimum absolute atomic E-state index is 0.0335. The fourth-order valence-corrected chi connectivity index (χ4v) is 4.06. The van der Waals surface area contributed by atoms with Crippen LogP contribution in [0.25, 0.3) is 5.65 Å². The molecule has 30 heavy (non-hydrogen) atoms. The number of aromatic nitrogens is 3. The highest BCUT2D eigenvalue weighted by atomic mass is 35.5. The maximum atomic E-state index is 13.3. The van der Waals surface area contributed by atoms with E-state index in [0.717, 1.165) is 34.8 Å². The van der Waals surface area contributed by atoms with Gasteiger partial charge >= 0.3 is 0 Å². The predicted molar refractivity (Wildman–Crippen MR) is 116 cm³/mol. The summed E-state index contributed by atoms with van der Waals surface area (Å²) in [4.78, 5) is 21.8. The van der Waals surface area contributed by atoms with Crippen molar-refractivity contribution in [1.29, 1.82) is 0 Å². The van der Waals surface area contributed by atoms with Gasteiger partial charge in [0.25, 0.3) is 5.91 Å². The van der Waals surface area contributed by atoms with Gasteiger partial charge in [-0.25, -0.2) is 9.50 Å². The van der Waals surface area contributed by atoms with Gasteiger partial charge in [-0.1, -0.05) is 23.7 Å². The fraction of sp³-hybridized carbons (Fsp3) is 0.409. The smallest absolute Gasteiger partial charge is 0.258 e. The Hall–Kier alpha value is -2.64. The summed E-state index contributed by atoms with van der Waals surface area (Å²) >= 11 is 6.32. The molecule has 1 unspecified atom stereocenters. The van der Waals surface area contributed by atoms with Crippen LogP contribution in [-0.2, 0) is 13.1 Å². The molecule has 3 aromatic rings. The Balaban J connectivity index is 1.59. The van der Waals surface area contributed by atoms with Gasteiger partial charge in [0.2, 0.25) is 0 Å². The highest BCUT2D eigenvalue weighted by Gasteiger charge is 2.31. The Morgan fingerprint density at radius 2 is 2.00 bits per heavy atom. The first kappa shape index (κ1) is 20.6. The van der Waals surface area contributed by atoms with E-state index in [1.54, 1.807) is 9.42 Å². The normalized spacial score (nSPS) is 14.4. The molecule has 2 aromatic heterocycles. The molecule has 8 heteroatoms. The van der Waals surface area contributed by atoms with Crippen LogP contribution < -0.4 is 4.74 Å². The molecule has 1 atom stereocenters. The van der Waals surface area contributed by atoms with Gasteiger partial charge in [-0.2, -0.15) is 5.10 Å². The number of nitrogens with zero attached hydrogens (tertiary/aromatic N) is 5. The van der Waals surface area contributed by atoms with E-state index < -0.39 is 0 Å². The van der Waals surface area contributed by atoms with Crippen LogP contribution in [0.1, 0.15) is 39.9 Å². The Bertz CT molecular complexity index is 1120. The Morgan fingerprint density at radius 1 is 1.27 bits per heavy atom. The quantitative estimate of drug-likeness (QED) is 0.623. The lowest BCUT2D eigenvalue weighted by atomic mass is 10.1. The van der Waals surface area contributed by atoms with Crippen LogP contribution in [0, 0.1) is 13.8 Å². The molecule has 1 amide bonds. The monoisotopic (exact) mass is 427 g/mol. The largest absolute Gasteiger partial charge is 0.489 e. The summed E-state index contributed by atoms with van der Waals surface area (Å²) in [6, 6.07) is 7.41. The van der Waals surface area contributed by atoms with E-state index in [0.29, 0.717) is 29.4 Å². The average molecular weight is 428 g/mol. The van der Waals surface area contributed by atoms with Gasteiger partial charge in [0.15, 0.2) is 5.65 Å². The number of likely N-dealkylation sites (N-methyl/N-ethyl adjacent to an activating group) is 1. The fourth-order valence-electron chi connectivity index (χ4n) is 3.94. The number of amides is 1. The zero-order valence-electron chi connectivity index (χ0n) is 17.9. The first-order chi connectivity index (χ1) is 14.3. The topological polar surface area (TPSA) is 63.0 Å². The van der Waals surface area contributed by atoms with Crippen molar-refractivity contribution >= 4 is 23.2 Å². The molecule has 0 bridgehead atoms. The van der Waals surface area contributed by atoms with E-state index in [9.17, 15) is 4.79 Å². The highest BCUT2D eigenvalue weighted by molar-refractivity contribution is 6.31. The van der Waals surface area contributed by atoms with Crippen LogP contribution in [0.2, 0.25) is 5.02 Å². The number of rotatable bonds is 5. The van der Waals surface area contributed by atoms with Gasteiger partial charge in [-0.05, 0) is 47.0 Å². The second kappa shape index (κ2) is 7.89. The Kier molecular flexibility index (Phi) is 5.42. The molecule has 0 N–H and O–H groups in total. The second-order valence-electron chi connectivity index (χ2n) is 8.11. The molecule has 4 rings (SSSR count). The van der Waals surface area contributed by atoms with Crippen LogP contribution in [0.4, 0.5) is 0 Å². The first-order valence-corrected chi connectivity index (χ1v) is 10.4. The number of hydrogen-bond acceptors (Lipinski definition) is 5. The zero-order chi connectivity index (χ0) is 21.6. The maximum Gasteiger partial charge on any atom is 0.258 e. The SMILES string of the molecule is Cc1nc2c3c(nn2c(C)c1Cl)CN(C(=O)c1ccccc1OC(C)CN(C)C)C3. The predicted octanol–water partition coefficient (Wildman–Crippen LogP) is 3.48.